The van der Waals surface area contributed by atoms with Crippen molar-refractivity contribution in [2.75, 3.05) is 33.0 Å². The topological polar surface area (TPSA) is 477 Å². The van der Waals surface area contributed by atoms with Gasteiger partial charge in [0.15, 0.2) is 31.5 Å². The number of hydrogen-bond acceptors (Lipinski definition) is 29. The number of hydrogen-bond donors (Lipinski definition) is 19. The Morgan fingerprint density at radius 1 is 0.382 bits per heavy atom. The van der Waals surface area contributed by atoms with E-state index in [-0.39, 0.29) is 93.4 Å². The van der Waals surface area contributed by atoms with Crippen LogP contribution in [0.25, 0.3) is 0 Å². The van der Waals surface area contributed by atoms with Crippen LogP contribution in [-0.2, 0) is 47.4 Å². The quantitative estimate of drug-likeness (QED) is 0.0524. The van der Waals surface area contributed by atoms with Crippen molar-refractivity contribution in [3.63, 3.8) is 0 Å². The van der Waals surface area contributed by atoms with E-state index in [0.29, 0.717) is 43.9 Å². The molecule has 13 rings (SSSR count). The second kappa shape index (κ2) is 37.3. The highest BCUT2D eigenvalue weighted by Gasteiger charge is 2.73. The predicted octanol–water partition coefficient (Wildman–Crippen LogP) is 5.16. The molecule has 0 aromatic heterocycles. The summed E-state index contributed by atoms with van der Waals surface area (Å²) in [5, 5.41) is 206. The lowest BCUT2D eigenvalue weighted by Gasteiger charge is -2.67. The maximum atomic E-state index is 12.6. The third kappa shape index (κ3) is 17.7. The van der Waals surface area contributed by atoms with Gasteiger partial charge in [-0.2, -0.15) is 0 Å². The van der Waals surface area contributed by atoms with Crippen LogP contribution in [0.4, 0.5) is 0 Å². The molecule has 0 spiro atoms. The first-order valence-electron chi connectivity index (χ1n) is 46.8. The minimum atomic E-state index is -1.53. The van der Waals surface area contributed by atoms with Crippen molar-refractivity contribution in [2.45, 2.75) is 418 Å². The number of rotatable bonds is 25. The molecule has 712 valence electrons. The zero-order valence-corrected chi connectivity index (χ0v) is 77.1. The Kier molecular flexibility index (Phi) is 30.4. The molecule has 0 bridgehead atoms. The molecule has 13 aliphatic rings. The largest absolute Gasteiger partial charge is 0.394 e. The van der Waals surface area contributed by atoms with E-state index in [4.69, 9.17) is 47.4 Å². The smallest absolute Gasteiger partial charge is 0.187 e. The molecular weight excluding hydrogens is 1590 g/mol. The highest BCUT2D eigenvalue weighted by atomic mass is 16.7. The first-order chi connectivity index (χ1) is 57.1. The third-order valence-corrected chi connectivity index (χ3v) is 36.8. The first kappa shape index (κ1) is 100. The second-order valence-corrected chi connectivity index (χ2v) is 44.8. The lowest BCUT2D eigenvalue weighted by atomic mass is 9.38. The van der Waals surface area contributed by atoms with E-state index in [9.17, 15) is 97.0 Å². The van der Waals surface area contributed by atoms with E-state index in [1.54, 1.807) is 55.4 Å². The van der Waals surface area contributed by atoms with Crippen LogP contribution in [0.3, 0.4) is 0 Å². The Morgan fingerprint density at radius 3 is 1.13 bits per heavy atom. The van der Waals surface area contributed by atoms with Gasteiger partial charge in [0.2, 0.25) is 0 Å². The molecule has 29 nitrogen and oxygen atoms in total. The van der Waals surface area contributed by atoms with E-state index >= 15 is 0 Å². The van der Waals surface area contributed by atoms with E-state index < -0.39 is 219 Å². The van der Waals surface area contributed by atoms with Crippen molar-refractivity contribution in [3.05, 3.63) is 23.3 Å². The monoisotopic (exact) mass is 1760 g/mol. The van der Waals surface area contributed by atoms with E-state index in [2.05, 4.69) is 95.2 Å². The maximum absolute atomic E-state index is 12.6. The highest BCUT2D eigenvalue weighted by Crippen LogP contribution is 2.77. The van der Waals surface area contributed by atoms with Gasteiger partial charge in [-0.3, -0.25) is 0 Å². The summed E-state index contributed by atoms with van der Waals surface area (Å²) in [4.78, 5) is 0. The molecule has 11 fully saturated rings. The van der Waals surface area contributed by atoms with Crippen LogP contribution in [0.15, 0.2) is 23.3 Å². The summed E-state index contributed by atoms with van der Waals surface area (Å²) in [5.41, 5.74) is -1.96. The number of aliphatic hydroxyl groups excluding tert-OH is 17. The van der Waals surface area contributed by atoms with E-state index in [1.165, 1.54) is 11.1 Å². The van der Waals surface area contributed by atoms with Gasteiger partial charge in [-0.15, -0.1) is 0 Å². The fraction of sp³-hybridized carbons (Fsp3) is 0.957. The van der Waals surface area contributed by atoms with Crippen LogP contribution < -0.4 is 0 Å². The average Bonchev–Trinajstić information content (AvgIpc) is 1.63. The molecule has 19 N–H and O–H groups in total. The van der Waals surface area contributed by atoms with Crippen molar-refractivity contribution in [1.29, 1.82) is 0 Å². The van der Waals surface area contributed by atoms with Crippen LogP contribution in [0.2, 0.25) is 0 Å². The van der Waals surface area contributed by atoms with Crippen molar-refractivity contribution in [1.82, 2.24) is 0 Å². The maximum Gasteiger partial charge on any atom is 0.187 e. The van der Waals surface area contributed by atoms with Gasteiger partial charge in [-0.05, 0) is 199 Å². The molecule has 29 heteroatoms. The van der Waals surface area contributed by atoms with Gasteiger partial charge in [0.1, 0.15) is 61.0 Å². The first-order valence-corrected chi connectivity index (χ1v) is 46.8. The van der Waals surface area contributed by atoms with Crippen LogP contribution >= 0.6 is 0 Å². The minimum Gasteiger partial charge on any atom is -0.394 e. The minimum absolute atomic E-state index is 0.0216. The summed E-state index contributed by atoms with van der Waals surface area (Å²) in [6, 6.07) is 0. The Morgan fingerprint density at radius 2 is 0.740 bits per heavy atom. The Bertz CT molecular complexity index is 3550. The summed E-state index contributed by atoms with van der Waals surface area (Å²) in [5.74, 6) is -0.547. The van der Waals surface area contributed by atoms with Gasteiger partial charge in [0, 0.05) is 45.3 Å². The molecule has 5 aliphatic heterocycles. The molecule has 6 saturated carbocycles. The van der Waals surface area contributed by atoms with Crippen LogP contribution in [-0.4, -0.2) is 307 Å². The van der Waals surface area contributed by atoms with Crippen molar-refractivity contribution in [2.24, 2.45) is 114 Å². The van der Waals surface area contributed by atoms with E-state index in [0.717, 1.165) is 70.6 Å². The number of aliphatic hydroxyl groups is 19. The molecule has 6 unspecified atom stereocenters. The Balaban J connectivity index is 0.000000228. The average molecular weight is 1760 g/mol. The SMILES string of the molecule is C[C@@H]1[C@@H](O)[C@H](OC[C@H]2O[C@@H](O[C@H](CC[C@@H](C)C3CC[C@@]4(C)C5CC=C6C(CC[C@H](O)C6(C)C)[C@]5(C)[C@H](O)C[C@]34C)C(C)(C)O)[C@H](O)[C@@H](O)[C@@H]2C)O[C@H](CO)[C@H]1O.C[C@@H]1[C@@H](O)[C@H](OC[C@H]2O[C@@H](O[C@H](CC[C@@H](C)C3CC[C@@]4(C)C5CC=C6C(CC[C@H](O[C@@H]7O[C@H](CO)[C@@H](O)[C@H](O)[C@H]7O)C6(C)C)[C@]5(C)[C@H](O)C[C@]34C)C(C)(C)O)[C@H](O)[C@@H](O)[C@@H]2C)O[C@H](CO)[C@H]1O. The summed E-state index contributed by atoms with van der Waals surface area (Å²) >= 11 is 0. The highest BCUT2D eigenvalue weighted by molar-refractivity contribution is 5.34. The van der Waals surface area contributed by atoms with Crippen LogP contribution in [0.5, 0.6) is 0 Å². The van der Waals surface area contributed by atoms with Gasteiger partial charge < -0.3 is 144 Å². The molecule has 0 amide bonds. The van der Waals surface area contributed by atoms with Crippen molar-refractivity contribution in [3.8, 4) is 0 Å². The van der Waals surface area contributed by atoms with Crippen molar-refractivity contribution >= 4 is 0 Å². The van der Waals surface area contributed by atoms with Gasteiger partial charge in [-0.25, -0.2) is 0 Å². The van der Waals surface area contributed by atoms with Gasteiger partial charge in [0.05, 0.1) is 117 Å². The standard InChI is InChI=1S/C50H86O17.C44H76O12/c1-23(11-15-35(47(6,7)61)67-44-41(59)37(55)24(2)31(65-44)22-62-43-38(56)25(3)36(54)29(20-51)63-43)26-17-18-48(8)32-14-12-27-28(50(32,10)33(53)19-49(26,48)9)13-16-34(46(27,4)5)66-45-42(60)40(58)39(57)30(21-52)64-45;1-22(25-17-18-42(8)30-14-12-26-27(13-15-31(46)40(26,4)5)44(30,10)32(47)19-43(25,42)9)11-16-33(41(6,7)52)56-39-37(51)35(49)23(2)29(55-39)21-53-38-36(50)24(3)34(48)28(20-45)54-38/h12,23-26,28-45,51-61H,11,13-22H2,1-10H3;12,22-25,27-39,45-52H,11,13-21H2,1-10H3/t23-,24-,25+,26?,28?,29-,30-,31-,32?,33-,34+,35-,36+,37+,38-,39-,40+,41-,42-,43-,44+,45+,48+,49-,50+;22-,23-,24+,25?,27?,28-,29-,30?,31+,32-,33-,34+,35+,36-,37-,38-,39+,42+,43-,44+/m11/s1. The number of fused-ring (bicyclic) bond motifs is 10. The molecule has 45 atom stereocenters. The summed E-state index contributed by atoms with van der Waals surface area (Å²) in [6.45, 7) is 39.0. The molecule has 0 aromatic carbocycles. The van der Waals surface area contributed by atoms with Gasteiger partial charge >= 0.3 is 0 Å². The molecule has 5 heterocycles. The van der Waals surface area contributed by atoms with Crippen LogP contribution in [0, 0.1) is 114 Å². The molecule has 123 heavy (non-hydrogen) atoms. The van der Waals surface area contributed by atoms with Crippen molar-refractivity contribution < 1.29 is 144 Å². The van der Waals surface area contributed by atoms with Gasteiger partial charge in [-0.1, -0.05) is 134 Å². The third-order valence-electron chi connectivity index (χ3n) is 36.8. The fourth-order valence-electron chi connectivity index (χ4n) is 27.6. The molecule has 0 radical (unpaired) electrons. The fourth-order valence-corrected chi connectivity index (χ4v) is 27.6. The zero-order chi connectivity index (χ0) is 91.0. The molecule has 5 saturated heterocycles. The Labute approximate surface area is 729 Å². The van der Waals surface area contributed by atoms with Gasteiger partial charge in [0.25, 0.3) is 0 Å². The lowest BCUT2D eigenvalue weighted by Crippen LogP contribution is -2.65. The Hall–Kier alpha value is -1.68. The number of ether oxygens (including phenoxy) is 10. The zero-order valence-electron chi connectivity index (χ0n) is 77.1. The predicted molar refractivity (Wildman–Crippen MR) is 450 cm³/mol. The van der Waals surface area contributed by atoms with Crippen LogP contribution in [0.1, 0.15) is 241 Å². The van der Waals surface area contributed by atoms with E-state index in [1.807, 2.05) is 0 Å². The normalized spacial score (nSPS) is 50.7. The molecule has 0 aromatic rings. The summed E-state index contributed by atoms with van der Waals surface area (Å²) < 4.78 is 60.5. The lowest BCUT2D eigenvalue weighted by molar-refractivity contribution is -0.331. The summed E-state index contributed by atoms with van der Waals surface area (Å²) in [6.07, 6.45) is -10.9. The second-order valence-electron chi connectivity index (χ2n) is 44.8. The summed E-state index contributed by atoms with van der Waals surface area (Å²) in [7, 11) is 0. The molecule has 8 aliphatic carbocycles. The number of allylic oxidation sites excluding steroid dienone is 2. The molecular formula is C94H162O29.